The molecule has 0 aromatic heterocycles. The Kier molecular flexibility index (Phi) is 6.95. The number of hydrogen-bond acceptors (Lipinski definition) is 4. The number of likely N-dealkylation sites (N-methyl/N-ethyl adjacent to an activating group) is 1. The second-order valence-corrected chi connectivity index (χ2v) is 6.14. The number of carboxylic acid groups (broad SMARTS) is 1. The molecule has 134 valence electrons. The molecule has 0 aliphatic rings. The standard InChI is InChI=1S/C20H25NO4/c1-3-21(2)14-13-16-8-4-7-15-9-5-10-17(20(15)16)25-19(24)12-6-11-18(22)23/h4-5,7-10H,3,6,11-14H2,1-2H3,(H,22,23). The van der Waals surface area contributed by atoms with E-state index in [1.54, 1.807) is 6.07 Å². The number of carbonyl (C=O) groups is 2. The van der Waals surface area contributed by atoms with Crippen molar-refractivity contribution in [3.05, 3.63) is 42.0 Å². The lowest BCUT2D eigenvalue weighted by Gasteiger charge is -2.16. The van der Waals surface area contributed by atoms with Crippen molar-refractivity contribution in [3.8, 4) is 5.75 Å². The van der Waals surface area contributed by atoms with Gasteiger partial charge >= 0.3 is 11.9 Å². The van der Waals surface area contributed by atoms with Gasteiger partial charge in [-0.05, 0) is 43.5 Å². The number of fused-ring (bicyclic) bond motifs is 1. The van der Waals surface area contributed by atoms with E-state index in [1.165, 1.54) is 0 Å². The first-order valence-corrected chi connectivity index (χ1v) is 8.63. The molecule has 0 aliphatic carbocycles. The second-order valence-electron chi connectivity index (χ2n) is 6.14. The predicted molar refractivity (Wildman–Crippen MR) is 97.9 cm³/mol. The monoisotopic (exact) mass is 343 g/mol. The minimum atomic E-state index is -0.903. The molecular formula is C20H25NO4. The van der Waals surface area contributed by atoms with Gasteiger partial charge in [0, 0.05) is 24.8 Å². The zero-order valence-corrected chi connectivity index (χ0v) is 14.8. The van der Waals surface area contributed by atoms with Gasteiger partial charge in [0.05, 0.1) is 0 Å². The smallest absolute Gasteiger partial charge is 0.311 e. The lowest BCUT2D eigenvalue weighted by atomic mass is 10.0. The van der Waals surface area contributed by atoms with Crippen LogP contribution in [0.2, 0.25) is 0 Å². The van der Waals surface area contributed by atoms with Crippen molar-refractivity contribution in [2.45, 2.75) is 32.6 Å². The number of nitrogens with zero attached hydrogens (tertiary/aromatic N) is 1. The summed E-state index contributed by atoms with van der Waals surface area (Å²) in [5.41, 5.74) is 1.15. The summed E-state index contributed by atoms with van der Waals surface area (Å²) in [5, 5.41) is 10.7. The number of ether oxygens (including phenoxy) is 1. The first-order chi connectivity index (χ1) is 12.0. The van der Waals surface area contributed by atoms with Gasteiger partial charge in [0.15, 0.2) is 0 Å². The number of esters is 1. The number of aliphatic carboxylic acids is 1. The Hall–Kier alpha value is -2.40. The van der Waals surface area contributed by atoms with Gasteiger partial charge < -0.3 is 14.7 Å². The van der Waals surface area contributed by atoms with E-state index < -0.39 is 11.9 Å². The van der Waals surface area contributed by atoms with Crippen LogP contribution < -0.4 is 4.74 Å². The SMILES string of the molecule is CCN(C)CCc1cccc2cccc(OC(=O)CCCC(=O)O)c12. The number of carbonyl (C=O) groups excluding carboxylic acids is 1. The highest BCUT2D eigenvalue weighted by Gasteiger charge is 2.12. The molecule has 5 heteroatoms. The van der Waals surface area contributed by atoms with E-state index >= 15 is 0 Å². The summed E-state index contributed by atoms with van der Waals surface area (Å²) in [5.74, 6) is -0.748. The third-order valence-electron chi connectivity index (χ3n) is 4.25. The lowest BCUT2D eigenvalue weighted by molar-refractivity contribution is -0.137. The van der Waals surface area contributed by atoms with Crippen LogP contribution in [0.3, 0.4) is 0 Å². The first kappa shape index (κ1) is 18.9. The molecule has 0 bridgehead atoms. The molecule has 2 rings (SSSR count). The molecule has 0 radical (unpaired) electrons. The zero-order chi connectivity index (χ0) is 18.2. The van der Waals surface area contributed by atoms with E-state index in [0.717, 1.165) is 35.8 Å². The summed E-state index contributed by atoms with van der Waals surface area (Å²) in [7, 11) is 2.08. The molecule has 2 aromatic rings. The number of hydrogen-bond donors (Lipinski definition) is 1. The van der Waals surface area contributed by atoms with Crippen LogP contribution in [-0.4, -0.2) is 42.1 Å². The van der Waals surface area contributed by atoms with Gasteiger partial charge in [0.1, 0.15) is 5.75 Å². The third-order valence-corrected chi connectivity index (χ3v) is 4.25. The fourth-order valence-corrected chi connectivity index (χ4v) is 2.70. The molecule has 5 nitrogen and oxygen atoms in total. The molecule has 0 spiro atoms. The summed E-state index contributed by atoms with van der Waals surface area (Å²) >= 11 is 0. The summed E-state index contributed by atoms with van der Waals surface area (Å²) in [6.45, 7) is 4.03. The average Bonchev–Trinajstić information content (AvgIpc) is 2.59. The van der Waals surface area contributed by atoms with Crippen molar-refractivity contribution in [1.82, 2.24) is 4.90 Å². The predicted octanol–water partition coefficient (Wildman–Crippen LogP) is 3.49. The fraction of sp³-hybridized carbons (Fsp3) is 0.400. The maximum atomic E-state index is 12.0. The summed E-state index contributed by atoms with van der Waals surface area (Å²) in [6.07, 6.45) is 1.23. The van der Waals surface area contributed by atoms with E-state index in [1.807, 2.05) is 24.3 Å². The number of carboxylic acids is 1. The zero-order valence-electron chi connectivity index (χ0n) is 14.8. The summed E-state index contributed by atoms with van der Waals surface area (Å²) in [6, 6.07) is 11.7. The largest absolute Gasteiger partial charge is 0.481 e. The molecule has 25 heavy (non-hydrogen) atoms. The third kappa shape index (κ3) is 5.57. The van der Waals surface area contributed by atoms with Crippen molar-refractivity contribution >= 4 is 22.7 Å². The van der Waals surface area contributed by atoms with Gasteiger partial charge in [-0.1, -0.05) is 37.3 Å². The molecule has 0 saturated carbocycles. The number of rotatable bonds is 9. The highest BCUT2D eigenvalue weighted by atomic mass is 16.5. The highest BCUT2D eigenvalue weighted by Crippen LogP contribution is 2.30. The van der Waals surface area contributed by atoms with E-state index in [4.69, 9.17) is 9.84 Å². The second kappa shape index (κ2) is 9.18. The van der Waals surface area contributed by atoms with Crippen LogP contribution in [0.4, 0.5) is 0 Å². The number of benzene rings is 2. The van der Waals surface area contributed by atoms with Crippen LogP contribution >= 0.6 is 0 Å². The molecule has 0 saturated heterocycles. The summed E-state index contributed by atoms with van der Waals surface area (Å²) < 4.78 is 5.54. The Morgan fingerprint density at radius 3 is 2.52 bits per heavy atom. The van der Waals surface area contributed by atoms with Crippen molar-refractivity contribution in [3.63, 3.8) is 0 Å². The van der Waals surface area contributed by atoms with Crippen LogP contribution in [0, 0.1) is 0 Å². The van der Waals surface area contributed by atoms with Gasteiger partial charge in [-0.2, -0.15) is 0 Å². The molecule has 0 fully saturated rings. The molecule has 0 unspecified atom stereocenters. The van der Waals surface area contributed by atoms with Crippen molar-refractivity contribution in [1.29, 1.82) is 0 Å². The topological polar surface area (TPSA) is 66.8 Å². The van der Waals surface area contributed by atoms with Gasteiger partial charge in [-0.25, -0.2) is 0 Å². The van der Waals surface area contributed by atoms with Crippen LogP contribution in [-0.2, 0) is 16.0 Å². The molecule has 2 aromatic carbocycles. The first-order valence-electron chi connectivity index (χ1n) is 8.63. The van der Waals surface area contributed by atoms with E-state index in [2.05, 4.69) is 24.9 Å². The molecule has 0 aliphatic heterocycles. The van der Waals surface area contributed by atoms with E-state index in [-0.39, 0.29) is 19.3 Å². The van der Waals surface area contributed by atoms with Gasteiger partial charge in [0.2, 0.25) is 0 Å². The maximum absolute atomic E-state index is 12.0. The Morgan fingerprint density at radius 2 is 1.84 bits per heavy atom. The minimum absolute atomic E-state index is 0.0285. The Morgan fingerprint density at radius 1 is 1.12 bits per heavy atom. The maximum Gasteiger partial charge on any atom is 0.311 e. The van der Waals surface area contributed by atoms with Crippen molar-refractivity contribution in [2.75, 3.05) is 20.1 Å². The van der Waals surface area contributed by atoms with Crippen LogP contribution in [0.1, 0.15) is 31.7 Å². The van der Waals surface area contributed by atoms with Crippen LogP contribution in [0.15, 0.2) is 36.4 Å². The Balaban J connectivity index is 2.18. The summed E-state index contributed by atoms with van der Waals surface area (Å²) in [4.78, 5) is 24.8. The quantitative estimate of drug-likeness (QED) is 0.557. The van der Waals surface area contributed by atoms with E-state index in [9.17, 15) is 9.59 Å². The highest BCUT2D eigenvalue weighted by molar-refractivity contribution is 5.93. The average molecular weight is 343 g/mol. The van der Waals surface area contributed by atoms with Gasteiger partial charge in [-0.15, -0.1) is 0 Å². The Labute approximate surface area is 148 Å². The molecule has 0 heterocycles. The molecule has 0 amide bonds. The van der Waals surface area contributed by atoms with Crippen molar-refractivity contribution < 1.29 is 19.4 Å². The van der Waals surface area contributed by atoms with Gasteiger partial charge in [-0.3, -0.25) is 9.59 Å². The fourth-order valence-electron chi connectivity index (χ4n) is 2.70. The Bertz CT molecular complexity index is 736. The van der Waals surface area contributed by atoms with Crippen LogP contribution in [0.5, 0.6) is 5.75 Å². The van der Waals surface area contributed by atoms with Crippen molar-refractivity contribution in [2.24, 2.45) is 0 Å². The lowest BCUT2D eigenvalue weighted by Crippen LogP contribution is -2.20. The normalized spacial score (nSPS) is 11.0. The van der Waals surface area contributed by atoms with Crippen LogP contribution in [0.25, 0.3) is 10.8 Å². The molecule has 0 atom stereocenters. The van der Waals surface area contributed by atoms with E-state index in [0.29, 0.717) is 5.75 Å². The molecule has 1 N–H and O–H groups in total. The molecular weight excluding hydrogens is 318 g/mol. The minimum Gasteiger partial charge on any atom is -0.481 e. The van der Waals surface area contributed by atoms with Gasteiger partial charge in [0.25, 0.3) is 0 Å².